The molecule has 0 unspecified atom stereocenters. The van der Waals surface area contributed by atoms with E-state index in [-0.39, 0.29) is 0 Å². The highest BCUT2D eigenvalue weighted by molar-refractivity contribution is 7.70. The lowest BCUT2D eigenvalue weighted by molar-refractivity contribution is 0.587. The van der Waals surface area contributed by atoms with Crippen LogP contribution >= 0.6 is 14.3 Å². The van der Waals surface area contributed by atoms with Crippen molar-refractivity contribution in [1.82, 2.24) is 0 Å². The Morgan fingerprint density at radius 3 is 0.812 bits per heavy atom. The maximum atomic E-state index is 13.2. The molecule has 4 heteroatoms. The number of rotatable bonds is 5. The molecule has 0 fully saturated rings. The summed E-state index contributed by atoms with van der Waals surface area (Å²) in [6, 6.07) is 51.4. The summed E-state index contributed by atoms with van der Waals surface area (Å²) in [5.41, 5.74) is 6.87. The van der Waals surface area contributed by atoms with E-state index < -0.39 is 14.3 Å². The van der Waals surface area contributed by atoms with Gasteiger partial charge in [-0.1, -0.05) is 133 Å². The first-order chi connectivity index (χ1) is 23.1. The molecule has 8 rings (SSSR count). The van der Waals surface area contributed by atoms with Crippen LogP contribution in [0.2, 0.25) is 0 Å². The fraction of sp³-hybridized carbons (Fsp3) is 0.0909. The van der Waals surface area contributed by atoms with Crippen LogP contribution in [0, 0.1) is 0 Å². The Balaban J connectivity index is 1.54. The van der Waals surface area contributed by atoms with Gasteiger partial charge in [0.1, 0.15) is 14.3 Å². The summed E-state index contributed by atoms with van der Waals surface area (Å²) in [7, 11) is -4.91. The minimum atomic E-state index is -2.46. The van der Waals surface area contributed by atoms with Gasteiger partial charge in [-0.3, -0.25) is 0 Å². The topological polar surface area (TPSA) is 34.1 Å². The lowest BCUT2D eigenvalue weighted by Gasteiger charge is -2.22. The highest BCUT2D eigenvalue weighted by Crippen LogP contribution is 2.50. The van der Waals surface area contributed by atoms with Crippen molar-refractivity contribution in [2.24, 2.45) is 0 Å². The number of fused-ring (bicyclic) bond motifs is 4. The van der Waals surface area contributed by atoms with Crippen LogP contribution in [0.25, 0.3) is 76.5 Å². The van der Waals surface area contributed by atoms with Crippen molar-refractivity contribution >= 4 is 68.0 Å². The largest absolute Gasteiger partial charge is 0.319 e. The highest BCUT2D eigenvalue weighted by atomic mass is 31.2. The fourth-order valence-electron chi connectivity index (χ4n) is 7.41. The summed E-state index contributed by atoms with van der Waals surface area (Å²) in [6.45, 7) is 7.35. The van der Waals surface area contributed by atoms with Gasteiger partial charge >= 0.3 is 0 Å². The Morgan fingerprint density at radius 1 is 0.312 bits per heavy atom. The first kappa shape index (κ1) is 30.6. The first-order valence-corrected chi connectivity index (χ1v) is 21.5. The third-order valence-electron chi connectivity index (χ3n) is 9.63. The van der Waals surface area contributed by atoms with Crippen molar-refractivity contribution in [2.45, 2.75) is 0 Å². The van der Waals surface area contributed by atoms with Crippen molar-refractivity contribution in [3.63, 3.8) is 0 Å². The Labute approximate surface area is 281 Å². The van der Waals surface area contributed by atoms with E-state index in [1.165, 1.54) is 32.7 Å². The normalized spacial score (nSPS) is 12.3. The van der Waals surface area contributed by atoms with E-state index in [2.05, 4.69) is 121 Å². The third kappa shape index (κ3) is 5.03. The van der Waals surface area contributed by atoms with Gasteiger partial charge in [0, 0.05) is 10.6 Å². The monoisotopic (exact) mass is 658 g/mol. The molecular formula is C44H36O2P2. The van der Waals surface area contributed by atoms with Gasteiger partial charge in [0.15, 0.2) is 0 Å². The molecule has 0 saturated heterocycles. The molecule has 0 radical (unpaired) electrons. The maximum Gasteiger partial charge on any atom is 0.109 e. The smallest absolute Gasteiger partial charge is 0.109 e. The van der Waals surface area contributed by atoms with E-state index in [0.717, 1.165) is 54.4 Å². The molecule has 0 aromatic heterocycles. The number of hydrogen-bond acceptors (Lipinski definition) is 2. The SMILES string of the molecule is CP(C)(=O)c1cccc(-c2c3ccccc3c(-c3c4ccccc4c(-c4cccc(P(C)(C)=O)c4)c4ccccc34)c3ccccc23)c1. The minimum Gasteiger partial charge on any atom is -0.319 e. The van der Waals surface area contributed by atoms with Crippen LogP contribution in [0.15, 0.2) is 146 Å². The quantitative estimate of drug-likeness (QED) is 0.136. The van der Waals surface area contributed by atoms with E-state index in [4.69, 9.17) is 0 Å². The van der Waals surface area contributed by atoms with Crippen LogP contribution in [0.5, 0.6) is 0 Å². The predicted octanol–water partition coefficient (Wildman–Crippen LogP) is 11.8. The van der Waals surface area contributed by atoms with E-state index in [1.807, 2.05) is 50.9 Å². The molecule has 0 N–H and O–H groups in total. The second-order valence-corrected chi connectivity index (χ2v) is 19.9. The molecule has 0 spiro atoms. The maximum absolute atomic E-state index is 13.2. The van der Waals surface area contributed by atoms with Crippen LogP contribution in [-0.4, -0.2) is 26.7 Å². The molecule has 0 amide bonds. The van der Waals surface area contributed by atoms with E-state index in [9.17, 15) is 9.13 Å². The third-order valence-corrected chi connectivity index (χ3v) is 12.7. The standard InChI is InChI=1S/C44H36O2P2/c1-47(2,45)31-17-13-15-29(27-31)41-33-19-5-9-23-37(33)43(38-24-10-6-20-34(38)41)44-39-25-11-7-21-35(39)42(36-22-8-12-26-40(36)44)30-16-14-18-32(28-30)48(3,4)46/h5-28H,1-4H3. The molecule has 0 saturated carbocycles. The average molecular weight is 659 g/mol. The first-order valence-electron chi connectivity index (χ1n) is 16.3. The van der Waals surface area contributed by atoms with Gasteiger partial charge < -0.3 is 9.13 Å². The van der Waals surface area contributed by atoms with E-state index in [1.54, 1.807) is 0 Å². The minimum absolute atomic E-state index is 0.886. The lowest BCUT2D eigenvalue weighted by atomic mass is 9.81. The van der Waals surface area contributed by atoms with Gasteiger partial charge in [0.2, 0.25) is 0 Å². The van der Waals surface area contributed by atoms with E-state index >= 15 is 0 Å². The van der Waals surface area contributed by atoms with Crippen molar-refractivity contribution in [1.29, 1.82) is 0 Å². The van der Waals surface area contributed by atoms with Gasteiger partial charge in [-0.25, -0.2) is 0 Å². The zero-order valence-corrected chi connectivity index (χ0v) is 29.4. The molecule has 0 atom stereocenters. The Kier molecular flexibility index (Phi) is 7.30. The Morgan fingerprint density at radius 2 is 0.562 bits per heavy atom. The zero-order chi connectivity index (χ0) is 33.2. The van der Waals surface area contributed by atoms with Crippen molar-refractivity contribution in [3.8, 4) is 33.4 Å². The van der Waals surface area contributed by atoms with Gasteiger partial charge in [-0.05, 0) is 115 Å². The summed E-state index contributed by atoms with van der Waals surface area (Å²) in [4.78, 5) is 0. The molecule has 234 valence electrons. The van der Waals surface area contributed by atoms with Crippen LogP contribution in [0.3, 0.4) is 0 Å². The second-order valence-electron chi connectivity index (χ2n) is 13.5. The lowest BCUT2D eigenvalue weighted by Crippen LogP contribution is -2.03. The fourth-order valence-corrected chi connectivity index (χ4v) is 9.20. The molecule has 8 aromatic carbocycles. The summed E-state index contributed by atoms with van der Waals surface area (Å²) < 4.78 is 26.4. The molecule has 8 aromatic rings. The zero-order valence-electron chi connectivity index (χ0n) is 27.6. The van der Waals surface area contributed by atoms with Crippen LogP contribution in [-0.2, 0) is 9.13 Å². The molecule has 2 nitrogen and oxygen atoms in total. The molecule has 48 heavy (non-hydrogen) atoms. The summed E-state index contributed by atoms with van der Waals surface area (Å²) >= 11 is 0. The molecule has 0 bridgehead atoms. The van der Waals surface area contributed by atoms with Gasteiger partial charge in [-0.15, -0.1) is 0 Å². The number of hydrogen-bond donors (Lipinski definition) is 0. The van der Waals surface area contributed by atoms with Crippen molar-refractivity contribution < 1.29 is 9.13 Å². The van der Waals surface area contributed by atoms with E-state index in [0.29, 0.717) is 0 Å². The van der Waals surface area contributed by atoms with Crippen molar-refractivity contribution in [2.75, 3.05) is 26.7 Å². The second kappa shape index (κ2) is 11.5. The van der Waals surface area contributed by atoms with Gasteiger partial charge in [0.05, 0.1) is 0 Å². The predicted molar refractivity (Wildman–Crippen MR) is 211 cm³/mol. The van der Waals surface area contributed by atoms with Gasteiger partial charge in [0.25, 0.3) is 0 Å². The summed E-state index contributed by atoms with van der Waals surface area (Å²) in [5, 5.41) is 11.1. The Hall–Kier alpha value is -4.74. The summed E-state index contributed by atoms with van der Waals surface area (Å²) in [5.74, 6) is 0. The van der Waals surface area contributed by atoms with Crippen molar-refractivity contribution in [3.05, 3.63) is 146 Å². The molecule has 0 heterocycles. The average Bonchev–Trinajstić information content (AvgIpc) is 3.09. The highest BCUT2D eigenvalue weighted by Gasteiger charge is 2.23. The molecule has 0 aliphatic carbocycles. The van der Waals surface area contributed by atoms with Gasteiger partial charge in [-0.2, -0.15) is 0 Å². The van der Waals surface area contributed by atoms with Crippen LogP contribution in [0.4, 0.5) is 0 Å². The number of benzene rings is 8. The molecular weight excluding hydrogens is 622 g/mol. The van der Waals surface area contributed by atoms with Crippen LogP contribution < -0.4 is 10.6 Å². The molecule has 0 aliphatic heterocycles. The molecule has 0 aliphatic rings. The Bertz CT molecular complexity index is 2370. The van der Waals surface area contributed by atoms with Crippen LogP contribution in [0.1, 0.15) is 0 Å². The summed E-state index contributed by atoms with van der Waals surface area (Å²) in [6.07, 6.45) is 0.